The summed E-state index contributed by atoms with van der Waals surface area (Å²) in [5.41, 5.74) is -0.0837. The van der Waals surface area contributed by atoms with Crippen LogP contribution in [0, 0.1) is 11.3 Å². The number of carbonyl (C=O) groups excluding carboxylic acids is 3. The fourth-order valence-electron chi connectivity index (χ4n) is 1.46. The van der Waals surface area contributed by atoms with Crippen molar-refractivity contribution in [1.29, 1.82) is 5.26 Å². The Morgan fingerprint density at radius 1 is 1.52 bits per heavy atom. The standard InChI is InChI=1S/C12H16N4O4S/c1-20-5-3-15-11(18)9(6-13)7-14-2-4-16-10(17)8-21-12(16)19/h7,14H,2-5,8H2,1H3,(H,15,18)/b9-7-. The van der Waals surface area contributed by atoms with Crippen molar-refractivity contribution in [1.82, 2.24) is 15.5 Å². The van der Waals surface area contributed by atoms with Gasteiger partial charge in [-0.15, -0.1) is 0 Å². The minimum atomic E-state index is -0.508. The summed E-state index contributed by atoms with van der Waals surface area (Å²) in [4.78, 5) is 35.4. The Balaban J connectivity index is 2.36. The molecule has 3 amide bonds. The number of thioether (sulfide) groups is 1. The van der Waals surface area contributed by atoms with E-state index >= 15 is 0 Å². The lowest BCUT2D eigenvalue weighted by atomic mass is 10.3. The zero-order valence-electron chi connectivity index (χ0n) is 11.5. The van der Waals surface area contributed by atoms with E-state index in [0.29, 0.717) is 13.2 Å². The van der Waals surface area contributed by atoms with Crippen molar-refractivity contribution in [2.45, 2.75) is 0 Å². The molecule has 1 aliphatic rings. The lowest BCUT2D eigenvalue weighted by molar-refractivity contribution is -0.124. The monoisotopic (exact) mass is 312 g/mol. The van der Waals surface area contributed by atoms with Gasteiger partial charge in [-0.3, -0.25) is 19.3 Å². The average Bonchev–Trinajstić information content (AvgIpc) is 2.79. The molecule has 0 atom stereocenters. The van der Waals surface area contributed by atoms with Crippen LogP contribution in [0.5, 0.6) is 0 Å². The largest absolute Gasteiger partial charge is 0.388 e. The van der Waals surface area contributed by atoms with Crippen LogP contribution in [-0.4, -0.2) is 61.1 Å². The Hall–Kier alpha value is -2.05. The van der Waals surface area contributed by atoms with Crippen LogP contribution >= 0.6 is 11.8 Å². The number of nitriles is 1. The molecule has 114 valence electrons. The maximum absolute atomic E-state index is 11.6. The van der Waals surface area contributed by atoms with Crippen molar-refractivity contribution < 1.29 is 19.1 Å². The van der Waals surface area contributed by atoms with Crippen LogP contribution in [0.2, 0.25) is 0 Å². The molecule has 0 aromatic carbocycles. The van der Waals surface area contributed by atoms with E-state index in [2.05, 4.69) is 10.6 Å². The van der Waals surface area contributed by atoms with E-state index in [1.54, 1.807) is 6.07 Å². The summed E-state index contributed by atoms with van der Waals surface area (Å²) >= 11 is 0.964. The molecular formula is C12H16N4O4S. The molecule has 0 radical (unpaired) electrons. The van der Waals surface area contributed by atoms with Crippen molar-refractivity contribution >= 4 is 28.8 Å². The summed E-state index contributed by atoms with van der Waals surface area (Å²) in [5.74, 6) is -0.570. The number of hydrogen-bond donors (Lipinski definition) is 2. The molecule has 0 bridgehead atoms. The van der Waals surface area contributed by atoms with Crippen molar-refractivity contribution in [3.63, 3.8) is 0 Å². The molecule has 2 N–H and O–H groups in total. The molecule has 0 unspecified atom stereocenters. The third-order valence-electron chi connectivity index (χ3n) is 2.52. The quantitative estimate of drug-likeness (QED) is 0.351. The lowest BCUT2D eigenvalue weighted by Crippen LogP contribution is -2.34. The molecule has 0 saturated carbocycles. The van der Waals surface area contributed by atoms with Gasteiger partial charge in [-0.05, 0) is 0 Å². The fourth-order valence-corrected chi connectivity index (χ4v) is 2.21. The highest BCUT2D eigenvalue weighted by Gasteiger charge is 2.28. The van der Waals surface area contributed by atoms with Gasteiger partial charge in [-0.2, -0.15) is 5.26 Å². The van der Waals surface area contributed by atoms with E-state index in [-0.39, 0.29) is 35.6 Å². The minimum Gasteiger partial charge on any atom is -0.388 e. The van der Waals surface area contributed by atoms with E-state index < -0.39 is 5.91 Å². The second-order valence-corrected chi connectivity index (χ2v) is 4.90. The number of nitrogens with zero attached hydrogens (tertiary/aromatic N) is 2. The van der Waals surface area contributed by atoms with Crippen molar-refractivity contribution in [3.05, 3.63) is 11.8 Å². The SMILES string of the molecule is COCCNC(=O)/C(C#N)=C\NCCN1C(=O)CSC1=O. The number of imide groups is 1. The van der Waals surface area contributed by atoms with Gasteiger partial charge in [-0.25, -0.2) is 0 Å². The molecule has 8 nitrogen and oxygen atoms in total. The predicted molar refractivity (Wildman–Crippen MR) is 76.2 cm³/mol. The van der Waals surface area contributed by atoms with Gasteiger partial charge in [0.1, 0.15) is 11.6 Å². The third kappa shape index (κ3) is 5.45. The zero-order valence-corrected chi connectivity index (χ0v) is 12.4. The summed E-state index contributed by atoms with van der Waals surface area (Å²) in [5, 5.41) is 13.9. The molecule has 0 aliphatic carbocycles. The van der Waals surface area contributed by atoms with Crippen molar-refractivity contribution in [3.8, 4) is 6.07 Å². The van der Waals surface area contributed by atoms with Gasteiger partial charge in [0.2, 0.25) is 5.91 Å². The molecule has 1 heterocycles. The highest BCUT2D eigenvalue weighted by Crippen LogP contribution is 2.17. The molecule has 1 fully saturated rings. The van der Waals surface area contributed by atoms with Gasteiger partial charge in [0.05, 0.1) is 12.4 Å². The molecule has 9 heteroatoms. The number of methoxy groups -OCH3 is 1. The Bertz CT molecular complexity index is 470. The van der Waals surface area contributed by atoms with Crippen LogP contribution in [-0.2, 0) is 14.3 Å². The van der Waals surface area contributed by atoms with Gasteiger partial charge in [0.15, 0.2) is 0 Å². The number of hydrogen-bond acceptors (Lipinski definition) is 7. The van der Waals surface area contributed by atoms with Gasteiger partial charge in [0.25, 0.3) is 11.1 Å². The van der Waals surface area contributed by atoms with E-state index in [1.807, 2.05) is 0 Å². The van der Waals surface area contributed by atoms with Gasteiger partial charge in [0, 0.05) is 32.9 Å². The zero-order chi connectivity index (χ0) is 15.7. The first-order valence-electron chi connectivity index (χ1n) is 6.18. The number of ether oxygens (including phenoxy) is 1. The molecular weight excluding hydrogens is 296 g/mol. The van der Waals surface area contributed by atoms with E-state index in [1.165, 1.54) is 13.3 Å². The van der Waals surface area contributed by atoms with Crippen molar-refractivity contribution in [2.24, 2.45) is 0 Å². The van der Waals surface area contributed by atoms with Gasteiger partial charge < -0.3 is 15.4 Å². The Labute approximate surface area is 126 Å². The fraction of sp³-hybridized carbons (Fsp3) is 0.500. The maximum Gasteiger partial charge on any atom is 0.288 e. The Kier molecular flexibility index (Phi) is 7.28. The normalized spacial score (nSPS) is 15.0. The number of rotatable bonds is 8. The van der Waals surface area contributed by atoms with Gasteiger partial charge >= 0.3 is 0 Å². The number of nitrogens with one attached hydrogen (secondary N) is 2. The summed E-state index contributed by atoms with van der Waals surface area (Å²) in [7, 11) is 1.51. The van der Waals surface area contributed by atoms with Crippen LogP contribution < -0.4 is 10.6 Å². The van der Waals surface area contributed by atoms with Crippen LogP contribution in [0.4, 0.5) is 4.79 Å². The van der Waals surface area contributed by atoms with Gasteiger partial charge in [-0.1, -0.05) is 11.8 Å². The van der Waals surface area contributed by atoms with Crippen LogP contribution in [0.15, 0.2) is 11.8 Å². The smallest absolute Gasteiger partial charge is 0.288 e. The highest BCUT2D eigenvalue weighted by molar-refractivity contribution is 8.14. The van der Waals surface area contributed by atoms with Crippen LogP contribution in [0.25, 0.3) is 0 Å². The second kappa shape index (κ2) is 8.99. The lowest BCUT2D eigenvalue weighted by Gasteiger charge is -2.12. The predicted octanol–water partition coefficient (Wildman–Crippen LogP) is -0.559. The van der Waals surface area contributed by atoms with E-state index in [4.69, 9.17) is 10.00 Å². The first-order chi connectivity index (χ1) is 10.1. The third-order valence-corrected chi connectivity index (χ3v) is 3.38. The number of amides is 3. The first kappa shape index (κ1) is 17.0. The molecule has 0 spiro atoms. The van der Waals surface area contributed by atoms with E-state index in [9.17, 15) is 14.4 Å². The van der Waals surface area contributed by atoms with Crippen molar-refractivity contribution in [2.75, 3.05) is 39.1 Å². The molecule has 1 saturated heterocycles. The molecule has 21 heavy (non-hydrogen) atoms. The topological polar surface area (TPSA) is 112 Å². The molecule has 0 aromatic heterocycles. The summed E-state index contributed by atoms with van der Waals surface area (Å²) in [6.07, 6.45) is 1.26. The minimum absolute atomic E-state index is 0.0837. The van der Waals surface area contributed by atoms with Crippen LogP contribution in [0.1, 0.15) is 0 Å². The summed E-state index contributed by atoms with van der Waals surface area (Å²) in [6, 6.07) is 1.77. The highest BCUT2D eigenvalue weighted by atomic mass is 32.2. The Morgan fingerprint density at radius 3 is 2.86 bits per heavy atom. The second-order valence-electron chi connectivity index (χ2n) is 3.97. The molecule has 1 rings (SSSR count). The summed E-state index contributed by atoms with van der Waals surface area (Å²) < 4.78 is 4.78. The molecule has 1 aliphatic heterocycles. The van der Waals surface area contributed by atoms with E-state index in [0.717, 1.165) is 16.7 Å². The first-order valence-corrected chi connectivity index (χ1v) is 7.16. The summed E-state index contributed by atoms with van der Waals surface area (Å²) in [6.45, 7) is 1.14. The maximum atomic E-state index is 11.6. The number of carbonyl (C=O) groups is 3. The Morgan fingerprint density at radius 2 is 2.29 bits per heavy atom. The van der Waals surface area contributed by atoms with Crippen LogP contribution in [0.3, 0.4) is 0 Å². The molecule has 0 aromatic rings. The average molecular weight is 312 g/mol.